The fraction of sp³-hybridized carbons (Fsp3) is 0.762. The van der Waals surface area contributed by atoms with Crippen molar-refractivity contribution in [1.29, 1.82) is 0 Å². The molecule has 0 aliphatic heterocycles. The summed E-state index contributed by atoms with van der Waals surface area (Å²) in [5, 5.41) is 0. The van der Waals surface area contributed by atoms with Gasteiger partial charge < -0.3 is 0 Å². The van der Waals surface area contributed by atoms with Crippen molar-refractivity contribution in [3.8, 4) is 0 Å². The highest BCUT2D eigenvalue weighted by molar-refractivity contribution is 5.93. The summed E-state index contributed by atoms with van der Waals surface area (Å²) in [4.78, 5) is 37.3. The van der Waals surface area contributed by atoms with Gasteiger partial charge in [0, 0.05) is 24.7 Å². The van der Waals surface area contributed by atoms with Gasteiger partial charge in [-0.25, -0.2) is 0 Å². The molecule has 3 heteroatoms. The average molecular weight is 328 g/mol. The molecule has 0 N–H and O–H groups in total. The van der Waals surface area contributed by atoms with E-state index in [-0.39, 0.29) is 34.2 Å². The zero-order valence-electron chi connectivity index (χ0n) is 15.1. The Morgan fingerprint density at radius 2 is 1.88 bits per heavy atom. The highest BCUT2D eigenvalue weighted by atomic mass is 16.1. The van der Waals surface area contributed by atoms with Gasteiger partial charge in [0.05, 0.1) is 0 Å². The van der Waals surface area contributed by atoms with E-state index in [9.17, 15) is 14.4 Å². The summed E-state index contributed by atoms with van der Waals surface area (Å²) in [5.74, 6) is 1.86. The number of ketones is 3. The molecule has 3 fully saturated rings. The Bertz CT molecular complexity index is 660. The van der Waals surface area contributed by atoms with Crippen LogP contribution in [0, 0.1) is 34.5 Å². The van der Waals surface area contributed by atoms with Gasteiger partial charge in [0.15, 0.2) is 5.78 Å². The van der Waals surface area contributed by atoms with Crippen LogP contribution in [0.2, 0.25) is 0 Å². The largest absolute Gasteiger partial charge is 0.300 e. The number of hydrogen-bond donors (Lipinski definition) is 0. The number of rotatable bonds is 1. The Balaban J connectivity index is 1.74. The van der Waals surface area contributed by atoms with E-state index in [1.165, 1.54) is 5.57 Å². The Kier molecular flexibility index (Phi) is 3.47. The molecule has 0 heterocycles. The number of carbonyl (C=O) groups excluding carboxylic acids is 3. The van der Waals surface area contributed by atoms with Crippen LogP contribution in [0.25, 0.3) is 0 Å². The maximum Gasteiger partial charge on any atom is 0.155 e. The van der Waals surface area contributed by atoms with Crippen molar-refractivity contribution >= 4 is 17.3 Å². The molecule has 0 saturated heterocycles. The van der Waals surface area contributed by atoms with Crippen molar-refractivity contribution in [2.75, 3.05) is 0 Å². The third-order valence-electron chi connectivity index (χ3n) is 8.14. The zero-order chi connectivity index (χ0) is 17.3. The maximum absolute atomic E-state index is 13.3. The lowest BCUT2D eigenvalue weighted by atomic mass is 9.46. The Hall–Kier alpha value is -1.25. The summed E-state index contributed by atoms with van der Waals surface area (Å²) < 4.78 is 0. The molecule has 0 aromatic heterocycles. The molecule has 0 bridgehead atoms. The normalized spacial score (nSPS) is 47.5. The second-order valence-corrected chi connectivity index (χ2v) is 9.23. The lowest BCUT2D eigenvalue weighted by Gasteiger charge is -2.56. The van der Waals surface area contributed by atoms with E-state index in [0.717, 1.165) is 32.1 Å². The lowest BCUT2D eigenvalue weighted by molar-refractivity contribution is -0.148. The van der Waals surface area contributed by atoms with Gasteiger partial charge in [0.25, 0.3) is 0 Å². The van der Waals surface area contributed by atoms with E-state index >= 15 is 0 Å². The number of allylic oxidation sites excluding steroid dienone is 1. The summed E-state index contributed by atoms with van der Waals surface area (Å²) >= 11 is 0. The summed E-state index contributed by atoms with van der Waals surface area (Å²) in [5.41, 5.74) is 0.966. The minimum Gasteiger partial charge on any atom is -0.300 e. The molecule has 3 saturated carbocycles. The van der Waals surface area contributed by atoms with Crippen LogP contribution in [0.5, 0.6) is 0 Å². The van der Waals surface area contributed by atoms with Crippen molar-refractivity contribution in [2.45, 2.75) is 65.7 Å². The van der Waals surface area contributed by atoms with Crippen molar-refractivity contribution in [2.24, 2.45) is 34.5 Å². The third kappa shape index (κ3) is 1.99. The number of Topliss-reactive ketones (excluding diaryl/α,β-unsaturated/α-hetero) is 2. The fourth-order valence-corrected chi connectivity index (χ4v) is 7.05. The molecular formula is C21H28O3. The third-order valence-corrected chi connectivity index (χ3v) is 8.14. The smallest absolute Gasteiger partial charge is 0.155 e. The van der Waals surface area contributed by atoms with Crippen molar-refractivity contribution in [3.05, 3.63) is 11.6 Å². The van der Waals surface area contributed by atoms with Crippen LogP contribution in [0.3, 0.4) is 0 Å². The molecule has 0 radical (unpaired) electrons. The first-order valence-corrected chi connectivity index (χ1v) is 9.54. The average Bonchev–Trinajstić information content (AvgIpc) is 2.84. The van der Waals surface area contributed by atoms with Gasteiger partial charge in [-0.3, -0.25) is 14.4 Å². The minimum absolute atomic E-state index is 0.0603. The van der Waals surface area contributed by atoms with E-state index in [0.29, 0.717) is 30.5 Å². The molecular weight excluding hydrogens is 300 g/mol. The molecule has 0 amide bonds. The molecule has 130 valence electrons. The first kappa shape index (κ1) is 16.2. The zero-order valence-corrected chi connectivity index (χ0v) is 15.1. The van der Waals surface area contributed by atoms with Gasteiger partial charge in [-0.05, 0) is 67.8 Å². The van der Waals surface area contributed by atoms with Gasteiger partial charge in [0.1, 0.15) is 11.6 Å². The van der Waals surface area contributed by atoms with E-state index in [1.807, 2.05) is 6.08 Å². The summed E-state index contributed by atoms with van der Waals surface area (Å²) in [6.45, 7) is 6.12. The number of fused-ring (bicyclic) bond motifs is 5. The van der Waals surface area contributed by atoms with Crippen LogP contribution < -0.4 is 0 Å². The topological polar surface area (TPSA) is 51.2 Å². The van der Waals surface area contributed by atoms with E-state index in [4.69, 9.17) is 0 Å². The molecule has 4 aliphatic rings. The van der Waals surface area contributed by atoms with E-state index in [1.54, 1.807) is 6.92 Å². The summed E-state index contributed by atoms with van der Waals surface area (Å²) in [6.07, 6.45) is 7.80. The molecule has 4 aliphatic carbocycles. The summed E-state index contributed by atoms with van der Waals surface area (Å²) in [7, 11) is 0. The Morgan fingerprint density at radius 3 is 2.58 bits per heavy atom. The van der Waals surface area contributed by atoms with Crippen LogP contribution in [0.15, 0.2) is 11.6 Å². The fourth-order valence-electron chi connectivity index (χ4n) is 7.05. The molecule has 0 aromatic rings. The molecule has 0 aromatic carbocycles. The van der Waals surface area contributed by atoms with E-state index in [2.05, 4.69) is 13.8 Å². The second-order valence-electron chi connectivity index (χ2n) is 9.23. The molecule has 0 unspecified atom stereocenters. The minimum atomic E-state index is -0.133. The van der Waals surface area contributed by atoms with Gasteiger partial charge in [-0.2, -0.15) is 0 Å². The predicted molar refractivity (Wildman–Crippen MR) is 91.3 cm³/mol. The van der Waals surface area contributed by atoms with Crippen LogP contribution in [0.4, 0.5) is 0 Å². The Morgan fingerprint density at radius 1 is 1.12 bits per heavy atom. The molecule has 24 heavy (non-hydrogen) atoms. The van der Waals surface area contributed by atoms with Crippen molar-refractivity contribution in [3.63, 3.8) is 0 Å². The highest BCUT2D eigenvalue weighted by Crippen LogP contribution is 2.65. The van der Waals surface area contributed by atoms with Gasteiger partial charge in [-0.15, -0.1) is 0 Å². The maximum atomic E-state index is 13.3. The van der Waals surface area contributed by atoms with E-state index < -0.39 is 0 Å². The van der Waals surface area contributed by atoms with Gasteiger partial charge in [0.2, 0.25) is 0 Å². The van der Waals surface area contributed by atoms with Gasteiger partial charge >= 0.3 is 0 Å². The van der Waals surface area contributed by atoms with Crippen molar-refractivity contribution < 1.29 is 14.4 Å². The standard InChI is InChI=1S/C21H28O3/c1-12(22)16-6-7-17-15-5-4-13-10-14(23)8-9-20(13,2)19(15)18(24)11-21(16,17)3/h10,15-17,19H,4-9,11H2,1-3H3/t15-,16+,17-,19+,20-,21-/m1/s1. The summed E-state index contributed by atoms with van der Waals surface area (Å²) in [6, 6.07) is 0. The second kappa shape index (κ2) is 5.12. The first-order valence-electron chi connectivity index (χ1n) is 9.54. The van der Waals surface area contributed by atoms with Crippen LogP contribution in [-0.2, 0) is 14.4 Å². The lowest BCUT2D eigenvalue weighted by Crippen LogP contribution is -2.55. The van der Waals surface area contributed by atoms with Crippen LogP contribution in [0.1, 0.15) is 65.7 Å². The molecule has 4 rings (SSSR count). The molecule has 0 spiro atoms. The number of carbonyl (C=O) groups is 3. The van der Waals surface area contributed by atoms with Crippen LogP contribution in [-0.4, -0.2) is 17.3 Å². The predicted octanol–water partition coefficient (Wildman–Crippen LogP) is 3.90. The molecule has 3 nitrogen and oxygen atoms in total. The SMILES string of the molecule is CC(=O)[C@@H]1CC[C@@H]2[C@H]3CCC4=CC(=O)CC[C@@]4(C)[C@@H]3C(=O)C[C@@]21C. The van der Waals surface area contributed by atoms with Crippen molar-refractivity contribution in [1.82, 2.24) is 0 Å². The monoisotopic (exact) mass is 328 g/mol. The Labute approximate surface area is 144 Å². The van der Waals surface area contributed by atoms with Gasteiger partial charge in [-0.1, -0.05) is 19.4 Å². The highest BCUT2D eigenvalue weighted by Gasteiger charge is 2.62. The number of hydrogen-bond acceptors (Lipinski definition) is 3. The molecule has 6 atom stereocenters. The van der Waals surface area contributed by atoms with Crippen LogP contribution >= 0.6 is 0 Å². The first-order chi connectivity index (χ1) is 11.3. The quantitative estimate of drug-likeness (QED) is 0.733.